The second-order valence-electron chi connectivity index (χ2n) is 2.70. The van der Waals surface area contributed by atoms with E-state index in [-0.39, 0.29) is 0 Å². The Kier molecular flexibility index (Phi) is 7.51. The Morgan fingerprint density at radius 2 is 1.24 bits per heavy atom. The molecule has 0 saturated heterocycles. The maximum atomic E-state index is 10.3. The van der Waals surface area contributed by atoms with Gasteiger partial charge in [0.25, 0.3) is 0 Å². The standard InChI is InChI=1S/C6H8O7.C2N2/c7-3(8)1-6(13,5(11)12)2-4(9)10;3-1-2-4/h13H,1-2H2,(H,7,8)(H,9,10)(H,11,12);. The molecule has 17 heavy (non-hydrogen) atoms. The molecule has 0 atom stereocenters. The molecule has 0 fully saturated rings. The van der Waals surface area contributed by atoms with Crippen molar-refractivity contribution < 1.29 is 34.8 Å². The van der Waals surface area contributed by atoms with Gasteiger partial charge in [0.2, 0.25) is 0 Å². The molecule has 0 bridgehead atoms. The molecule has 9 nitrogen and oxygen atoms in total. The molecule has 0 aliphatic carbocycles. The first-order valence-corrected chi connectivity index (χ1v) is 3.87. The summed E-state index contributed by atoms with van der Waals surface area (Å²) in [5.41, 5.74) is -2.74. The van der Waals surface area contributed by atoms with E-state index in [1.54, 1.807) is 0 Å². The fourth-order valence-electron chi connectivity index (χ4n) is 0.714. The highest BCUT2D eigenvalue weighted by Gasteiger charge is 2.40. The largest absolute Gasteiger partial charge is 0.481 e. The van der Waals surface area contributed by atoms with Gasteiger partial charge in [-0.25, -0.2) is 4.79 Å². The van der Waals surface area contributed by atoms with Crippen molar-refractivity contribution in [3.05, 3.63) is 0 Å². The van der Waals surface area contributed by atoms with Gasteiger partial charge in [-0.2, -0.15) is 10.5 Å². The first kappa shape index (κ1) is 16.8. The van der Waals surface area contributed by atoms with Crippen molar-refractivity contribution in [2.24, 2.45) is 0 Å². The van der Waals surface area contributed by atoms with Gasteiger partial charge >= 0.3 is 17.9 Å². The van der Waals surface area contributed by atoms with Crippen LogP contribution in [0, 0.1) is 22.7 Å². The third kappa shape index (κ3) is 8.35. The summed E-state index contributed by atoms with van der Waals surface area (Å²) in [6, 6.07) is 2.47. The summed E-state index contributed by atoms with van der Waals surface area (Å²) in [5.74, 6) is -5.02. The number of aliphatic hydroxyl groups is 1. The molecule has 0 spiro atoms. The SMILES string of the molecule is N#CC#N.O=C(O)CC(O)(CC(=O)O)C(=O)O. The van der Waals surface area contributed by atoms with Crippen LogP contribution in [0.2, 0.25) is 0 Å². The molecule has 9 heteroatoms. The molecule has 0 saturated carbocycles. The Morgan fingerprint density at radius 3 is 1.35 bits per heavy atom. The van der Waals surface area contributed by atoms with Crippen LogP contribution in [0.4, 0.5) is 0 Å². The minimum absolute atomic E-state index is 1.14. The summed E-state index contributed by atoms with van der Waals surface area (Å²) in [5, 5.41) is 48.3. The Hall–Kier alpha value is -2.65. The third-order valence-corrected chi connectivity index (χ3v) is 1.34. The van der Waals surface area contributed by atoms with Gasteiger partial charge in [-0.15, -0.1) is 0 Å². The summed E-state index contributed by atoms with van der Waals surface area (Å²) in [4.78, 5) is 30.5. The summed E-state index contributed by atoms with van der Waals surface area (Å²) in [6.45, 7) is 0. The zero-order chi connectivity index (χ0) is 14.1. The van der Waals surface area contributed by atoms with Crippen LogP contribution in [0.25, 0.3) is 0 Å². The number of aliphatic carboxylic acids is 3. The molecule has 0 aliphatic heterocycles. The van der Waals surface area contributed by atoms with Crippen LogP contribution < -0.4 is 0 Å². The number of nitrogens with zero attached hydrogens (tertiary/aromatic N) is 2. The number of hydrogen-bond donors (Lipinski definition) is 4. The third-order valence-electron chi connectivity index (χ3n) is 1.34. The van der Waals surface area contributed by atoms with E-state index in [4.69, 9.17) is 30.9 Å². The molecule has 0 aromatic carbocycles. The Bertz CT molecular complexity index is 362. The molecular formula is C8H8N2O7. The number of hydrogen-bond acceptors (Lipinski definition) is 6. The zero-order valence-electron chi connectivity index (χ0n) is 8.32. The molecule has 0 rings (SSSR count). The van der Waals surface area contributed by atoms with Gasteiger partial charge in [-0.1, -0.05) is 0 Å². The van der Waals surface area contributed by atoms with Gasteiger partial charge in [-0.05, 0) is 0 Å². The van der Waals surface area contributed by atoms with Crippen LogP contribution in [0.5, 0.6) is 0 Å². The lowest BCUT2D eigenvalue weighted by molar-refractivity contribution is -0.170. The smallest absolute Gasteiger partial charge is 0.336 e. The Morgan fingerprint density at radius 1 is 0.941 bits per heavy atom. The molecule has 0 unspecified atom stereocenters. The number of carbonyl (C=O) groups is 3. The van der Waals surface area contributed by atoms with Gasteiger partial charge in [0.05, 0.1) is 12.8 Å². The lowest BCUT2D eigenvalue weighted by Gasteiger charge is -2.18. The fraction of sp³-hybridized carbons (Fsp3) is 0.375. The van der Waals surface area contributed by atoms with Crippen LogP contribution in [0.1, 0.15) is 12.8 Å². The van der Waals surface area contributed by atoms with Gasteiger partial charge in [0.1, 0.15) is 0 Å². The average molecular weight is 244 g/mol. The zero-order valence-corrected chi connectivity index (χ0v) is 8.32. The highest BCUT2D eigenvalue weighted by Crippen LogP contribution is 2.15. The fourth-order valence-corrected chi connectivity index (χ4v) is 0.714. The number of carboxylic acid groups (broad SMARTS) is 3. The van der Waals surface area contributed by atoms with Crippen molar-refractivity contribution in [1.82, 2.24) is 0 Å². The van der Waals surface area contributed by atoms with E-state index in [0.29, 0.717) is 0 Å². The van der Waals surface area contributed by atoms with Crippen LogP contribution in [0.3, 0.4) is 0 Å². The van der Waals surface area contributed by atoms with Crippen molar-refractivity contribution in [2.75, 3.05) is 0 Å². The Labute approximate surface area is 94.7 Å². The van der Waals surface area contributed by atoms with Crippen molar-refractivity contribution >= 4 is 17.9 Å². The second kappa shape index (κ2) is 7.62. The van der Waals surface area contributed by atoms with E-state index in [0.717, 1.165) is 0 Å². The van der Waals surface area contributed by atoms with Crippen molar-refractivity contribution in [1.29, 1.82) is 10.5 Å². The molecule has 0 amide bonds. The average Bonchev–Trinajstić information content (AvgIpc) is 2.15. The van der Waals surface area contributed by atoms with E-state index < -0.39 is 36.4 Å². The molecule has 0 aliphatic rings. The summed E-state index contributed by atoms with van der Waals surface area (Å²) < 4.78 is 0. The quantitative estimate of drug-likeness (QED) is 0.461. The van der Waals surface area contributed by atoms with Crippen molar-refractivity contribution in [3.63, 3.8) is 0 Å². The predicted molar refractivity (Wildman–Crippen MR) is 48.3 cm³/mol. The highest BCUT2D eigenvalue weighted by atomic mass is 16.4. The number of carboxylic acids is 3. The van der Waals surface area contributed by atoms with E-state index in [9.17, 15) is 14.4 Å². The lowest BCUT2D eigenvalue weighted by Crippen LogP contribution is -2.42. The van der Waals surface area contributed by atoms with Gasteiger partial charge in [0.15, 0.2) is 17.7 Å². The van der Waals surface area contributed by atoms with Gasteiger partial charge < -0.3 is 20.4 Å². The normalized spacial score (nSPS) is 8.88. The summed E-state index contributed by atoms with van der Waals surface area (Å²) in [7, 11) is 0. The van der Waals surface area contributed by atoms with Crippen molar-refractivity contribution in [3.8, 4) is 12.1 Å². The van der Waals surface area contributed by atoms with Crippen LogP contribution in [0.15, 0.2) is 0 Å². The molecule has 0 heterocycles. The number of rotatable bonds is 5. The molecule has 92 valence electrons. The molecular weight excluding hydrogens is 236 g/mol. The maximum Gasteiger partial charge on any atom is 0.336 e. The summed E-state index contributed by atoms with van der Waals surface area (Å²) >= 11 is 0. The minimum atomic E-state index is -2.74. The molecule has 4 N–H and O–H groups in total. The first-order chi connectivity index (χ1) is 7.69. The highest BCUT2D eigenvalue weighted by molar-refractivity contribution is 5.88. The van der Waals surface area contributed by atoms with E-state index in [1.165, 1.54) is 12.1 Å². The van der Waals surface area contributed by atoms with Gasteiger partial charge in [0, 0.05) is 0 Å². The predicted octanol–water partition coefficient (Wildman–Crippen LogP) is -1.21. The molecule has 0 aromatic heterocycles. The van der Waals surface area contributed by atoms with Crippen LogP contribution in [-0.2, 0) is 14.4 Å². The van der Waals surface area contributed by atoms with E-state index in [1.807, 2.05) is 0 Å². The Balaban J connectivity index is 0. The number of nitriles is 2. The van der Waals surface area contributed by atoms with Crippen molar-refractivity contribution in [2.45, 2.75) is 18.4 Å². The topological polar surface area (TPSA) is 180 Å². The minimum Gasteiger partial charge on any atom is -0.481 e. The van der Waals surface area contributed by atoms with Gasteiger partial charge in [-0.3, -0.25) is 9.59 Å². The second-order valence-corrected chi connectivity index (χ2v) is 2.70. The monoisotopic (exact) mass is 244 g/mol. The lowest BCUT2D eigenvalue weighted by atomic mass is 9.96. The first-order valence-electron chi connectivity index (χ1n) is 3.87. The van der Waals surface area contributed by atoms with E-state index in [2.05, 4.69) is 0 Å². The maximum absolute atomic E-state index is 10.3. The molecule has 0 radical (unpaired) electrons. The van der Waals surface area contributed by atoms with Crippen LogP contribution in [-0.4, -0.2) is 43.9 Å². The summed E-state index contributed by atoms with van der Waals surface area (Å²) in [6.07, 6.45) is -2.29. The van der Waals surface area contributed by atoms with Crippen LogP contribution >= 0.6 is 0 Å². The molecule has 0 aromatic rings. The van der Waals surface area contributed by atoms with E-state index >= 15 is 0 Å².